The molecule has 3 N–H and O–H groups in total. The van der Waals surface area contributed by atoms with Gasteiger partial charge in [0.1, 0.15) is 16.3 Å². The van der Waals surface area contributed by atoms with Gasteiger partial charge in [0.2, 0.25) is 0 Å². The molecule has 1 aromatic heterocycles. The first kappa shape index (κ1) is 13.4. The van der Waals surface area contributed by atoms with Crippen LogP contribution in [0, 0.1) is 13.8 Å². The Morgan fingerprint density at radius 2 is 2.05 bits per heavy atom. The summed E-state index contributed by atoms with van der Waals surface area (Å²) in [6.45, 7) is 3.91. The van der Waals surface area contributed by atoms with E-state index < -0.39 is 5.97 Å². The molecule has 19 heavy (non-hydrogen) atoms. The third-order valence-corrected chi connectivity index (χ3v) is 3.78. The lowest BCUT2D eigenvalue weighted by molar-refractivity contribution is 0.0699. The number of hydrogen-bond donors (Lipinski definition) is 2. The normalized spacial score (nSPS) is 10.5. The molecule has 5 heteroatoms. The molecule has 0 radical (unpaired) electrons. The molecule has 0 amide bonds. The number of aryl methyl sites for hydroxylation is 2. The van der Waals surface area contributed by atoms with Crippen LogP contribution in [0.4, 0.5) is 5.00 Å². The number of hydrogen-bond acceptors (Lipinski definition) is 4. The quantitative estimate of drug-likeness (QED) is 0.902. The van der Waals surface area contributed by atoms with E-state index in [4.69, 9.17) is 10.5 Å². The Kier molecular flexibility index (Phi) is 3.48. The van der Waals surface area contributed by atoms with Crippen LogP contribution in [0.5, 0.6) is 5.75 Å². The Balaban J connectivity index is 2.76. The highest BCUT2D eigenvalue weighted by molar-refractivity contribution is 7.15. The maximum Gasteiger partial charge on any atom is 0.339 e. The minimum absolute atomic E-state index is 0.148. The first-order valence-corrected chi connectivity index (χ1v) is 6.59. The van der Waals surface area contributed by atoms with Crippen molar-refractivity contribution >= 4 is 22.3 Å². The van der Waals surface area contributed by atoms with Crippen molar-refractivity contribution < 1.29 is 14.6 Å². The van der Waals surface area contributed by atoms with Gasteiger partial charge in [0.15, 0.2) is 0 Å². The monoisotopic (exact) mass is 277 g/mol. The van der Waals surface area contributed by atoms with E-state index in [-0.39, 0.29) is 5.56 Å². The Morgan fingerprint density at radius 3 is 2.63 bits per heavy atom. The van der Waals surface area contributed by atoms with Crippen molar-refractivity contribution in [2.75, 3.05) is 12.8 Å². The van der Waals surface area contributed by atoms with Crippen molar-refractivity contribution in [3.05, 3.63) is 34.2 Å². The predicted octanol–water partition coefficient (Wildman–Crippen LogP) is 3.32. The third-order valence-electron chi connectivity index (χ3n) is 2.97. The van der Waals surface area contributed by atoms with Crippen molar-refractivity contribution in [2.45, 2.75) is 13.8 Å². The molecular formula is C14H15NO3S. The first-order valence-electron chi connectivity index (χ1n) is 5.71. The first-order chi connectivity index (χ1) is 8.95. The molecule has 0 unspecified atom stereocenters. The summed E-state index contributed by atoms with van der Waals surface area (Å²) in [5.74, 6) is -0.353. The number of carboxylic acids is 1. The molecule has 0 bridgehead atoms. The molecule has 1 aromatic carbocycles. The van der Waals surface area contributed by atoms with Gasteiger partial charge in [0, 0.05) is 16.5 Å². The average molecular weight is 277 g/mol. The number of carbonyl (C=O) groups is 1. The second-order valence-electron chi connectivity index (χ2n) is 4.35. The third kappa shape index (κ3) is 2.29. The van der Waals surface area contributed by atoms with Crippen molar-refractivity contribution in [3.63, 3.8) is 0 Å². The summed E-state index contributed by atoms with van der Waals surface area (Å²) in [4.78, 5) is 11.3. The number of aromatic carboxylic acids is 1. The molecule has 0 atom stereocenters. The van der Waals surface area contributed by atoms with Crippen molar-refractivity contribution in [1.82, 2.24) is 0 Å². The number of methoxy groups -OCH3 is 1. The van der Waals surface area contributed by atoms with Gasteiger partial charge in [-0.05, 0) is 31.0 Å². The fourth-order valence-corrected chi connectivity index (χ4v) is 3.01. The van der Waals surface area contributed by atoms with Gasteiger partial charge < -0.3 is 15.6 Å². The molecule has 2 rings (SSSR count). The van der Waals surface area contributed by atoms with E-state index in [0.717, 1.165) is 16.7 Å². The van der Waals surface area contributed by atoms with Gasteiger partial charge in [-0.25, -0.2) is 4.79 Å². The van der Waals surface area contributed by atoms with Crippen LogP contribution in [0.1, 0.15) is 21.5 Å². The van der Waals surface area contributed by atoms with Gasteiger partial charge >= 0.3 is 5.97 Å². The molecule has 4 nitrogen and oxygen atoms in total. The molecule has 0 saturated heterocycles. The number of benzene rings is 1. The highest BCUT2D eigenvalue weighted by Crippen LogP contribution is 2.40. The highest BCUT2D eigenvalue weighted by Gasteiger charge is 2.21. The zero-order chi connectivity index (χ0) is 14.2. The smallest absolute Gasteiger partial charge is 0.339 e. The van der Waals surface area contributed by atoms with Crippen LogP contribution in [0.15, 0.2) is 17.5 Å². The second kappa shape index (κ2) is 4.93. The van der Waals surface area contributed by atoms with E-state index >= 15 is 0 Å². The summed E-state index contributed by atoms with van der Waals surface area (Å²) < 4.78 is 5.38. The van der Waals surface area contributed by atoms with Crippen LogP contribution in [-0.2, 0) is 0 Å². The van der Waals surface area contributed by atoms with Crippen LogP contribution < -0.4 is 10.5 Å². The molecule has 0 aliphatic rings. The van der Waals surface area contributed by atoms with Gasteiger partial charge in [-0.1, -0.05) is 6.07 Å². The average Bonchev–Trinajstić information content (AvgIpc) is 2.69. The molecule has 100 valence electrons. The molecule has 0 fully saturated rings. The standard InChI is InChI=1S/C14H15NO3S/c1-7-4-8(2)11(10(5-7)18-3)9-6-19-13(15)12(9)14(16)17/h4-6H,15H2,1-3H3,(H,16,17). The van der Waals surface area contributed by atoms with E-state index in [1.54, 1.807) is 12.5 Å². The summed E-state index contributed by atoms with van der Waals surface area (Å²) in [5.41, 5.74) is 9.34. The van der Waals surface area contributed by atoms with E-state index in [9.17, 15) is 9.90 Å². The van der Waals surface area contributed by atoms with Gasteiger partial charge in [0.25, 0.3) is 0 Å². The molecule has 2 aromatic rings. The Morgan fingerprint density at radius 1 is 1.37 bits per heavy atom. The van der Waals surface area contributed by atoms with Crippen LogP contribution in [-0.4, -0.2) is 18.2 Å². The van der Waals surface area contributed by atoms with Crippen LogP contribution in [0.2, 0.25) is 0 Å². The summed E-state index contributed by atoms with van der Waals surface area (Å²) >= 11 is 1.23. The summed E-state index contributed by atoms with van der Waals surface area (Å²) in [7, 11) is 1.58. The number of nitrogens with two attached hydrogens (primary N) is 1. The predicted molar refractivity (Wildman–Crippen MR) is 77.2 cm³/mol. The number of rotatable bonds is 3. The number of anilines is 1. The minimum atomic E-state index is -1.02. The summed E-state index contributed by atoms with van der Waals surface area (Å²) in [6, 6.07) is 3.89. The molecule has 0 aliphatic heterocycles. The summed E-state index contributed by atoms with van der Waals surface area (Å²) in [5, 5.41) is 11.4. The zero-order valence-corrected chi connectivity index (χ0v) is 11.8. The molecule has 0 saturated carbocycles. The maximum atomic E-state index is 11.3. The van der Waals surface area contributed by atoms with E-state index in [1.807, 2.05) is 26.0 Å². The number of ether oxygens (including phenoxy) is 1. The fraction of sp³-hybridized carbons (Fsp3) is 0.214. The topological polar surface area (TPSA) is 72.5 Å². The van der Waals surface area contributed by atoms with Crippen molar-refractivity contribution in [1.29, 1.82) is 0 Å². The SMILES string of the molecule is COc1cc(C)cc(C)c1-c1csc(N)c1C(=O)O. The Bertz CT molecular complexity index is 646. The minimum Gasteiger partial charge on any atom is -0.496 e. The number of nitrogen functional groups attached to an aromatic ring is 1. The lowest BCUT2D eigenvalue weighted by Crippen LogP contribution is -2.02. The molecule has 0 aliphatic carbocycles. The lowest BCUT2D eigenvalue weighted by atomic mass is 9.96. The Labute approximate surface area is 115 Å². The highest BCUT2D eigenvalue weighted by atomic mass is 32.1. The second-order valence-corrected chi connectivity index (χ2v) is 5.26. The number of thiophene rings is 1. The van der Waals surface area contributed by atoms with E-state index in [0.29, 0.717) is 16.3 Å². The van der Waals surface area contributed by atoms with Gasteiger partial charge in [-0.2, -0.15) is 0 Å². The van der Waals surface area contributed by atoms with Crippen LogP contribution in [0.3, 0.4) is 0 Å². The Hall–Kier alpha value is -2.01. The molecule has 1 heterocycles. The van der Waals surface area contributed by atoms with Crippen molar-refractivity contribution in [3.8, 4) is 16.9 Å². The zero-order valence-electron chi connectivity index (χ0n) is 11.0. The van der Waals surface area contributed by atoms with Gasteiger partial charge in [0.05, 0.1) is 7.11 Å². The van der Waals surface area contributed by atoms with Gasteiger partial charge in [-0.15, -0.1) is 11.3 Å². The largest absolute Gasteiger partial charge is 0.496 e. The molecular weight excluding hydrogens is 262 g/mol. The van der Waals surface area contributed by atoms with Gasteiger partial charge in [-0.3, -0.25) is 0 Å². The maximum absolute atomic E-state index is 11.3. The van der Waals surface area contributed by atoms with E-state index in [2.05, 4.69) is 0 Å². The van der Waals surface area contributed by atoms with Crippen LogP contribution in [0.25, 0.3) is 11.1 Å². The number of carboxylic acid groups (broad SMARTS) is 1. The lowest BCUT2D eigenvalue weighted by Gasteiger charge is -2.13. The van der Waals surface area contributed by atoms with Crippen molar-refractivity contribution in [2.24, 2.45) is 0 Å². The van der Waals surface area contributed by atoms with Crippen LogP contribution >= 0.6 is 11.3 Å². The summed E-state index contributed by atoms with van der Waals surface area (Å²) in [6.07, 6.45) is 0. The van der Waals surface area contributed by atoms with E-state index in [1.165, 1.54) is 11.3 Å². The molecule has 0 spiro atoms. The fourth-order valence-electron chi connectivity index (χ4n) is 2.21.